The van der Waals surface area contributed by atoms with E-state index in [9.17, 15) is 13.2 Å². The van der Waals surface area contributed by atoms with Crippen LogP contribution < -0.4 is 9.47 Å². The molecule has 0 radical (unpaired) electrons. The van der Waals surface area contributed by atoms with E-state index in [1.165, 1.54) is 0 Å². The minimum Gasteiger partial charge on any atom is -0.454 e. The SMILES string of the molecule is CS(=O)(=O)C1=NSC2=NC(=O)/C(=C\c3cn(Cc4ccc5c(c4)OCO5)c4ccccc34)C(=N)N21. The number of carbonyl (C=O) groups excluding carboxylic acids is 1. The third-order valence-electron chi connectivity index (χ3n) is 5.74. The molecule has 0 atom stereocenters. The average Bonchev–Trinajstić information content (AvgIpc) is 3.54. The molecule has 6 rings (SSSR count). The van der Waals surface area contributed by atoms with Gasteiger partial charge in [-0.05, 0) is 29.8 Å². The maximum atomic E-state index is 12.8. The Bertz CT molecular complexity index is 1650. The first-order chi connectivity index (χ1) is 16.8. The molecule has 0 bridgehead atoms. The summed E-state index contributed by atoms with van der Waals surface area (Å²) in [4.78, 5) is 17.8. The minimum atomic E-state index is -3.72. The smallest absolute Gasteiger partial charge is 0.283 e. The van der Waals surface area contributed by atoms with E-state index in [1.54, 1.807) is 6.08 Å². The summed E-state index contributed by atoms with van der Waals surface area (Å²) in [5, 5.41) is 9.22. The molecule has 2 aromatic carbocycles. The van der Waals surface area contributed by atoms with Crippen LogP contribution in [0.1, 0.15) is 11.1 Å². The number of amidine groups is 3. The van der Waals surface area contributed by atoms with Gasteiger partial charge >= 0.3 is 0 Å². The summed E-state index contributed by atoms with van der Waals surface area (Å²) in [5.74, 6) is 0.513. The molecule has 3 aliphatic heterocycles. The number of carbonyl (C=O) groups is 1. The van der Waals surface area contributed by atoms with Gasteiger partial charge in [0.1, 0.15) is 5.84 Å². The van der Waals surface area contributed by atoms with Crippen LogP contribution in [0.4, 0.5) is 0 Å². The lowest BCUT2D eigenvalue weighted by molar-refractivity contribution is -0.114. The first-order valence-electron chi connectivity index (χ1n) is 10.4. The van der Waals surface area contributed by atoms with Crippen molar-refractivity contribution in [2.24, 2.45) is 9.39 Å². The van der Waals surface area contributed by atoms with Gasteiger partial charge in [0.25, 0.3) is 5.91 Å². The Morgan fingerprint density at radius 3 is 2.80 bits per heavy atom. The van der Waals surface area contributed by atoms with Crippen LogP contribution in [0.2, 0.25) is 0 Å². The number of nitrogens with zero attached hydrogens (tertiary/aromatic N) is 4. The lowest BCUT2D eigenvalue weighted by atomic mass is 10.1. The van der Waals surface area contributed by atoms with E-state index >= 15 is 0 Å². The van der Waals surface area contributed by atoms with Gasteiger partial charge in [-0.1, -0.05) is 24.3 Å². The molecule has 35 heavy (non-hydrogen) atoms. The van der Waals surface area contributed by atoms with Crippen molar-refractivity contribution in [1.82, 2.24) is 9.47 Å². The number of amides is 1. The molecule has 1 N–H and O–H groups in total. The topological polar surface area (TPSA) is 126 Å². The molecular formula is C23H17N5O5S2. The number of nitrogens with one attached hydrogen (secondary N) is 1. The molecule has 0 unspecified atom stereocenters. The summed E-state index contributed by atoms with van der Waals surface area (Å²) in [6, 6.07) is 13.5. The Balaban J connectivity index is 1.41. The van der Waals surface area contributed by atoms with Crippen molar-refractivity contribution in [1.29, 1.82) is 5.41 Å². The number of rotatable bonds is 3. The third kappa shape index (κ3) is 3.61. The van der Waals surface area contributed by atoms with Gasteiger partial charge in [0.05, 0.1) is 17.5 Å². The molecule has 10 nitrogen and oxygen atoms in total. The molecule has 1 amide bonds. The number of benzene rings is 2. The zero-order valence-corrected chi connectivity index (χ0v) is 19.9. The van der Waals surface area contributed by atoms with Crippen LogP contribution in [0.15, 0.2) is 63.6 Å². The second kappa shape index (κ2) is 7.82. The molecule has 12 heteroatoms. The minimum absolute atomic E-state index is 0.0152. The predicted octanol–water partition coefficient (Wildman–Crippen LogP) is 3.04. The predicted molar refractivity (Wildman–Crippen MR) is 133 cm³/mol. The molecule has 0 saturated carbocycles. The van der Waals surface area contributed by atoms with Gasteiger partial charge in [0.15, 0.2) is 11.5 Å². The number of sulfone groups is 1. The first kappa shape index (κ1) is 21.6. The van der Waals surface area contributed by atoms with Crippen molar-refractivity contribution in [2.45, 2.75) is 6.54 Å². The van der Waals surface area contributed by atoms with Crippen molar-refractivity contribution >= 4 is 60.8 Å². The maximum absolute atomic E-state index is 12.8. The number of aromatic nitrogens is 1. The summed E-state index contributed by atoms with van der Waals surface area (Å²) in [7, 11) is -3.72. The fourth-order valence-electron chi connectivity index (χ4n) is 4.15. The van der Waals surface area contributed by atoms with E-state index in [0.717, 1.165) is 39.6 Å². The van der Waals surface area contributed by atoms with Gasteiger partial charge in [0, 0.05) is 35.5 Å². The zero-order chi connectivity index (χ0) is 24.3. The van der Waals surface area contributed by atoms with E-state index in [4.69, 9.17) is 14.9 Å². The van der Waals surface area contributed by atoms with Crippen LogP contribution in [0.3, 0.4) is 0 Å². The van der Waals surface area contributed by atoms with Crippen LogP contribution in [0, 0.1) is 5.41 Å². The van der Waals surface area contributed by atoms with Gasteiger partial charge in [0.2, 0.25) is 27.0 Å². The number of hydrogen-bond acceptors (Lipinski definition) is 8. The molecule has 4 heterocycles. The Morgan fingerprint density at radius 2 is 1.97 bits per heavy atom. The Kier molecular flexibility index (Phi) is 4.83. The fourth-order valence-corrected chi connectivity index (χ4v) is 6.00. The normalized spacial score (nSPS) is 18.3. The van der Waals surface area contributed by atoms with E-state index in [0.29, 0.717) is 23.6 Å². The van der Waals surface area contributed by atoms with E-state index in [-0.39, 0.29) is 28.5 Å². The quantitative estimate of drug-likeness (QED) is 0.426. The highest BCUT2D eigenvalue weighted by Crippen LogP contribution is 2.34. The number of para-hydroxylation sites is 1. The van der Waals surface area contributed by atoms with Gasteiger partial charge in [-0.25, -0.2) is 13.3 Å². The highest BCUT2D eigenvalue weighted by Gasteiger charge is 2.41. The van der Waals surface area contributed by atoms with Crippen LogP contribution in [0.5, 0.6) is 11.5 Å². The Morgan fingerprint density at radius 1 is 1.17 bits per heavy atom. The van der Waals surface area contributed by atoms with Gasteiger partial charge in [-0.3, -0.25) is 10.2 Å². The summed E-state index contributed by atoms with van der Waals surface area (Å²) < 4.78 is 41.1. The van der Waals surface area contributed by atoms with Crippen molar-refractivity contribution in [3.63, 3.8) is 0 Å². The van der Waals surface area contributed by atoms with Crippen molar-refractivity contribution in [2.75, 3.05) is 13.0 Å². The van der Waals surface area contributed by atoms with Crippen LogP contribution >= 0.6 is 11.9 Å². The molecule has 0 fully saturated rings. The van der Waals surface area contributed by atoms with Gasteiger partial charge in [-0.2, -0.15) is 9.39 Å². The molecule has 3 aromatic rings. The zero-order valence-electron chi connectivity index (χ0n) is 18.3. The average molecular weight is 508 g/mol. The highest BCUT2D eigenvalue weighted by atomic mass is 32.2. The first-order valence-corrected chi connectivity index (χ1v) is 13.1. The lowest BCUT2D eigenvalue weighted by Gasteiger charge is -2.23. The molecule has 3 aliphatic rings. The molecule has 0 aliphatic carbocycles. The summed E-state index contributed by atoms with van der Waals surface area (Å²) in [6.45, 7) is 0.746. The van der Waals surface area contributed by atoms with Crippen molar-refractivity contribution < 1.29 is 22.7 Å². The monoisotopic (exact) mass is 507 g/mol. The lowest BCUT2D eigenvalue weighted by Crippen LogP contribution is -2.45. The van der Waals surface area contributed by atoms with E-state index in [1.807, 2.05) is 53.2 Å². The summed E-state index contributed by atoms with van der Waals surface area (Å²) in [5.41, 5.74) is 2.63. The largest absolute Gasteiger partial charge is 0.454 e. The van der Waals surface area contributed by atoms with Crippen LogP contribution in [-0.2, 0) is 21.2 Å². The van der Waals surface area contributed by atoms with E-state index in [2.05, 4.69) is 9.39 Å². The molecule has 0 spiro atoms. The summed E-state index contributed by atoms with van der Waals surface area (Å²) >= 11 is 0.766. The fraction of sp³-hybridized carbons (Fsp3) is 0.130. The van der Waals surface area contributed by atoms with Crippen LogP contribution in [0.25, 0.3) is 17.0 Å². The molecular weight excluding hydrogens is 490 g/mol. The Hall–Kier alpha value is -3.90. The Labute approximate surface area is 204 Å². The van der Waals surface area contributed by atoms with Gasteiger partial charge in [-0.15, -0.1) is 0 Å². The standard InChI is InChI=1S/C23H17N5O5S2/c1-35(30,31)23-26-34-22-25-21(29)16(20(24)28(22)23)9-14-11-27(17-5-3-2-4-15(14)17)10-13-6-7-18-19(8-13)33-12-32-18/h2-9,11,24H,10,12H2,1H3/b16-9-,24-20?. The number of ether oxygens (including phenoxy) is 2. The van der Waals surface area contributed by atoms with Gasteiger partial charge < -0.3 is 14.0 Å². The molecule has 176 valence electrons. The second-order valence-corrected chi connectivity index (χ2v) is 10.7. The molecule has 0 saturated heterocycles. The third-order valence-corrected chi connectivity index (χ3v) is 7.49. The number of hydrogen-bond donors (Lipinski definition) is 1. The number of fused-ring (bicyclic) bond motifs is 3. The van der Waals surface area contributed by atoms with Crippen LogP contribution in [-0.4, -0.2) is 53.0 Å². The maximum Gasteiger partial charge on any atom is 0.283 e. The number of aliphatic imine (C=N–C) groups is 1. The van der Waals surface area contributed by atoms with E-state index < -0.39 is 15.7 Å². The van der Waals surface area contributed by atoms with Crippen molar-refractivity contribution in [3.8, 4) is 11.5 Å². The van der Waals surface area contributed by atoms with Crippen molar-refractivity contribution in [3.05, 3.63) is 65.4 Å². The second-order valence-electron chi connectivity index (χ2n) is 8.10. The molecule has 1 aromatic heterocycles. The highest BCUT2D eigenvalue weighted by molar-refractivity contribution is 8.16. The summed E-state index contributed by atoms with van der Waals surface area (Å²) in [6.07, 6.45) is 4.48.